The van der Waals surface area contributed by atoms with E-state index >= 15 is 0 Å². The van der Waals surface area contributed by atoms with Gasteiger partial charge >= 0.3 is 12.4 Å². The number of hydrogen-bond acceptors (Lipinski definition) is 7. The highest BCUT2D eigenvalue weighted by atomic mass is 19.4. The van der Waals surface area contributed by atoms with E-state index in [1.165, 1.54) is 42.6 Å². The number of alkyl halides is 6. The Hall–Kier alpha value is -4.36. The van der Waals surface area contributed by atoms with Crippen molar-refractivity contribution >= 4 is 17.6 Å². The smallest absolute Gasteiger partial charge is 0.343 e. The fourth-order valence-corrected chi connectivity index (χ4v) is 3.02. The Bertz CT molecular complexity index is 1390. The van der Waals surface area contributed by atoms with E-state index in [0.29, 0.717) is 16.9 Å². The fourth-order valence-electron chi connectivity index (χ4n) is 3.02. The summed E-state index contributed by atoms with van der Waals surface area (Å²) in [6, 6.07) is 9.48. The Morgan fingerprint density at radius 1 is 0.784 bits per heavy atom. The van der Waals surface area contributed by atoms with Gasteiger partial charge in [-0.1, -0.05) is 6.07 Å². The standard InChI is InChI=1S/C23H16F7N7/c1-12(22(25,26)27)32-20-35-19(16-3-2-4-18(34-16)23(28,29)30)36-21(37-20)33-15-9-10-31-17(11-15)13-5-7-14(24)8-6-13/h2-12H,1H3,(H2,31,32,33,35,36,37)/t12-/m1/s1. The van der Waals surface area contributed by atoms with E-state index in [1.54, 1.807) is 6.07 Å². The summed E-state index contributed by atoms with van der Waals surface area (Å²) < 4.78 is 92.0. The summed E-state index contributed by atoms with van der Waals surface area (Å²) in [5.74, 6) is -1.64. The Labute approximate surface area is 204 Å². The molecule has 4 rings (SSSR count). The second kappa shape index (κ2) is 9.95. The van der Waals surface area contributed by atoms with Gasteiger partial charge in [0, 0.05) is 17.4 Å². The van der Waals surface area contributed by atoms with Crippen LogP contribution in [0.4, 0.5) is 48.3 Å². The van der Waals surface area contributed by atoms with Crippen molar-refractivity contribution < 1.29 is 30.7 Å². The van der Waals surface area contributed by atoms with Crippen molar-refractivity contribution in [2.24, 2.45) is 0 Å². The number of rotatable bonds is 6. The van der Waals surface area contributed by atoms with Gasteiger partial charge in [-0.3, -0.25) is 4.98 Å². The third kappa shape index (κ3) is 6.45. The van der Waals surface area contributed by atoms with Crippen molar-refractivity contribution in [2.75, 3.05) is 10.6 Å². The molecule has 14 heteroatoms. The van der Waals surface area contributed by atoms with Crippen LogP contribution in [0.3, 0.4) is 0 Å². The highest BCUT2D eigenvalue weighted by molar-refractivity contribution is 5.66. The second-order valence-electron chi connectivity index (χ2n) is 7.68. The Morgan fingerprint density at radius 2 is 1.49 bits per heavy atom. The largest absolute Gasteiger partial charge is 0.433 e. The normalized spacial score (nSPS) is 12.8. The topological polar surface area (TPSA) is 88.5 Å². The minimum atomic E-state index is -4.76. The predicted molar refractivity (Wildman–Crippen MR) is 120 cm³/mol. The SMILES string of the molecule is C[C@@H](Nc1nc(Nc2ccnc(-c3ccc(F)cc3)c2)nc(-c2cccc(C(F)(F)F)n2)n1)C(F)(F)F. The van der Waals surface area contributed by atoms with Gasteiger partial charge in [-0.25, -0.2) is 9.37 Å². The van der Waals surface area contributed by atoms with E-state index in [9.17, 15) is 30.7 Å². The number of hydrogen-bond donors (Lipinski definition) is 2. The van der Waals surface area contributed by atoms with Crippen LogP contribution < -0.4 is 10.6 Å². The highest BCUT2D eigenvalue weighted by Gasteiger charge is 2.37. The molecule has 3 heterocycles. The van der Waals surface area contributed by atoms with E-state index in [2.05, 4.69) is 35.6 Å². The molecule has 0 amide bonds. The van der Waals surface area contributed by atoms with E-state index in [4.69, 9.17) is 0 Å². The number of pyridine rings is 2. The van der Waals surface area contributed by atoms with Crippen molar-refractivity contribution in [1.29, 1.82) is 0 Å². The molecule has 0 bridgehead atoms. The molecule has 0 saturated heterocycles. The third-order valence-electron chi connectivity index (χ3n) is 4.90. The van der Waals surface area contributed by atoms with Gasteiger partial charge in [0.05, 0.1) is 5.69 Å². The van der Waals surface area contributed by atoms with Gasteiger partial charge in [-0.15, -0.1) is 0 Å². The van der Waals surface area contributed by atoms with Crippen LogP contribution in [0.1, 0.15) is 12.6 Å². The van der Waals surface area contributed by atoms with Crippen LogP contribution in [-0.4, -0.2) is 37.1 Å². The van der Waals surface area contributed by atoms with Gasteiger partial charge in [-0.2, -0.15) is 41.3 Å². The summed E-state index contributed by atoms with van der Waals surface area (Å²) in [5.41, 5.74) is -0.196. The van der Waals surface area contributed by atoms with Gasteiger partial charge in [0.2, 0.25) is 11.9 Å². The minimum absolute atomic E-state index is 0.266. The monoisotopic (exact) mass is 523 g/mol. The summed E-state index contributed by atoms with van der Waals surface area (Å²) in [7, 11) is 0. The molecule has 2 N–H and O–H groups in total. The Kier molecular flexibility index (Phi) is 6.92. The van der Waals surface area contributed by atoms with Gasteiger partial charge in [0.15, 0.2) is 5.82 Å². The number of halogens is 7. The van der Waals surface area contributed by atoms with Crippen molar-refractivity contribution in [3.05, 3.63) is 72.3 Å². The lowest BCUT2D eigenvalue weighted by molar-refractivity contribution is -0.141. The molecule has 0 spiro atoms. The molecule has 0 aliphatic heterocycles. The lowest BCUT2D eigenvalue weighted by atomic mass is 10.1. The molecule has 0 saturated carbocycles. The average molecular weight is 523 g/mol. The Morgan fingerprint density at radius 3 is 2.16 bits per heavy atom. The number of anilines is 3. The van der Waals surface area contributed by atoms with Crippen LogP contribution in [-0.2, 0) is 6.18 Å². The summed E-state index contributed by atoms with van der Waals surface area (Å²) in [4.78, 5) is 19.5. The highest BCUT2D eigenvalue weighted by Crippen LogP contribution is 2.30. The number of nitrogens with zero attached hydrogens (tertiary/aromatic N) is 5. The summed E-state index contributed by atoms with van der Waals surface area (Å²) in [6.07, 6.45) is -7.99. The van der Waals surface area contributed by atoms with E-state index in [0.717, 1.165) is 19.1 Å². The van der Waals surface area contributed by atoms with Crippen molar-refractivity contribution in [3.8, 4) is 22.8 Å². The fraction of sp³-hybridized carbons (Fsp3) is 0.174. The third-order valence-corrected chi connectivity index (χ3v) is 4.90. The zero-order chi connectivity index (χ0) is 26.8. The average Bonchev–Trinajstić information content (AvgIpc) is 2.83. The molecule has 37 heavy (non-hydrogen) atoms. The summed E-state index contributed by atoms with van der Waals surface area (Å²) in [5, 5.41) is 4.87. The predicted octanol–water partition coefficient (Wildman–Crippen LogP) is 6.26. The second-order valence-corrected chi connectivity index (χ2v) is 7.68. The molecule has 0 fully saturated rings. The lowest BCUT2D eigenvalue weighted by Crippen LogP contribution is -2.34. The first-order valence-electron chi connectivity index (χ1n) is 10.5. The van der Waals surface area contributed by atoms with Gasteiger partial charge in [0.25, 0.3) is 0 Å². The molecular weight excluding hydrogens is 507 g/mol. The molecule has 7 nitrogen and oxygen atoms in total. The first-order valence-corrected chi connectivity index (χ1v) is 10.5. The van der Waals surface area contributed by atoms with Crippen molar-refractivity contribution in [3.63, 3.8) is 0 Å². The first-order chi connectivity index (χ1) is 17.4. The van der Waals surface area contributed by atoms with Crippen LogP contribution >= 0.6 is 0 Å². The van der Waals surface area contributed by atoms with E-state index in [-0.39, 0.29) is 11.6 Å². The molecule has 0 radical (unpaired) electrons. The van der Waals surface area contributed by atoms with Crippen LogP contribution in [0, 0.1) is 5.82 Å². The van der Waals surface area contributed by atoms with Crippen LogP contribution in [0.5, 0.6) is 0 Å². The van der Waals surface area contributed by atoms with Crippen LogP contribution in [0.15, 0.2) is 60.8 Å². The maximum atomic E-state index is 13.2. The minimum Gasteiger partial charge on any atom is -0.343 e. The van der Waals surface area contributed by atoms with Gasteiger partial charge in [-0.05, 0) is 55.5 Å². The van der Waals surface area contributed by atoms with Crippen molar-refractivity contribution in [1.82, 2.24) is 24.9 Å². The molecule has 0 unspecified atom stereocenters. The van der Waals surface area contributed by atoms with Crippen LogP contribution in [0.2, 0.25) is 0 Å². The molecule has 4 aromatic rings. The Balaban J connectivity index is 1.72. The number of benzene rings is 1. The molecular formula is C23H16F7N7. The molecule has 1 atom stereocenters. The molecule has 192 valence electrons. The maximum Gasteiger partial charge on any atom is 0.433 e. The maximum absolute atomic E-state index is 13.2. The lowest BCUT2D eigenvalue weighted by Gasteiger charge is -2.18. The molecule has 1 aromatic carbocycles. The first kappa shape index (κ1) is 25.7. The van der Waals surface area contributed by atoms with Gasteiger partial charge < -0.3 is 10.6 Å². The molecule has 0 aliphatic carbocycles. The van der Waals surface area contributed by atoms with E-state index < -0.39 is 41.7 Å². The van der Waals surface area contributed by atoms with Gasteiger partial charge in [0.1, 0.15) is 23.2 Å². The van der Waals surface area contributed by atoms with Crippen LogP contribution in [0.25, 0.3) is 22.8 Å². The van der Waals surface area contributed by atoms with E-state index in [1.807, 2.05) is 0 Å². The summed E-state index contributed by atoms with van der Waals surface area (Å²) >= 11 is 0. The number of aromatic nitrogens is 5. The van der Waals surface area contributed by atoms with Crippen molar-refractivity contribution in [2.45, 2.75) is 25.3 Å². The quantitative estimate of drug-likeness (QED) is 0.289. The number of nitrogens with one attached hydrogen (secondary N) is 2. The zero-order valence-corrected chi connectivity index (χ0v) is 18.7. The summed E-state index contributed by atoms with van der Waals surface area (Å²) in [6.45, 7) is 0.830. The molecule has 3 aromatic heterocycles. The zero-order valence-electron chi connectivity index (χ0n) is 18.7. The molecule has 0 aliphatic rings.